The third kappa shape index (κ3) is 4.24. The van der Waals surface area contributed by atoms with Gasteiger partial charge < -0.3 is 10.4 Å². The second-order valence-electron chi connectivity index (χ2n) is 4.99. The molecule has 2 aromatic rings. The summed E-state index contributed by atoms with van der Waals surface area (Å²) >= 11 is 1.34. The first-order valence-corrected chi connectivity index (χ1v) is 7.48. The smallest absolute Gasteiger partial charge is 0.223 e. The molecule has 1 amide bonds. The van der Waals surface area contributed by atoms with Gasteiger partial charge in [0.05, 0.1) is 23.4 Å². The molecule has 1 atom stereocenters. The summed E-state index contributed by atoms with van der Waals surface area (Å²) in [7, 11) is 0. The third-order valence-electron chi connectivity index (χ3n) is 3.14. The predicted octanol–water partition coefficient (Wildman–Crippen LogP) is 2.34. The van der Waals surface area contributed by atoms with Crippen LogP contribution in [0.3, 0.4) is 0 Å². The van der Waals surface area contributed by atoms with Crippen molar-refractivity contribution in [1.82, 2.24) is 5.32 Å². The molecular formula is C16H17NO3S. The Hall–Kier alpha value is -1.98. The van der Waals surface area contributed by atoms with Crippen LogP contribution in [0.2, 0.25) is 0 Å². The SMILES string of the molecule is CC(O)(CC(=O)NCC(=O)c1cccs1)c1ccccc1. The monoisotopic (exact) mass is 303 g/mol. The molecule has 4 nitrogen and oxygen atoms in total. The van der Waals surface area contributed by atoms with Crippen LogP contribution in [0.4, 0.5) is 0 Å². The van der Waals surface area contributed by atoms with Gasteiger partial charge in [-0.2, -0.15) is 0 Å². The van der Waals surface area contributed by atoms with E-state index in [4.69, 9.17) is 0 Å². The van der Waals surface area contributed by atoms with Crippen LogP contribution in [0.25, 0.3) is 0 Å². The predicted molar refractivity (Wildman–Crippen MR) is 82.3 cm³/mol. The van der Waals surface area contributed by atoms with E-state index in [1.165, 1.54) is 11.3 Å². The molecule has 2 rings (SSSR count). The fourth-order valence-corrected chi connectivity index (χ4v) is 2.64. The highest BCUT2D eigenvalue weighted by Gasteiger charge is 2.26. The number of ketones is 1. The Morgan fingerprint density at radius 3 is 2.52 bits per heavy atom. The maximum absolute atomic E-state index is 11.9. The average molecular weight is 303 g/mol. The largest absolute Gasteiger partial charge is 0.385 e. The van der Waals surface area contributed by atoms with Crippen LogP contribution >= 0.6 is 11.3 Å². The zero-order valence-corrected chi connectivity index (χ0v) is 12.5. The summed E-state index contributed by atoms with van der Waals surface area (Å²) in [6.45, 7) is 1.53. The van der Waals surface area contributed by atoms with Crippen LogP contribution in [0.5, 0.6) is 0 Å². The minimum atomic E-state index is -1.25. The lowest BCUT2D eigenvalue weighted by Gasteiger charge is -2.23. The number of carbonyl (C=O) groups is 2. The number of hydrogen-bond donors (Lipinski definition) is 2. The van der Waals surface area contributed by atoms with E-state index in [0.717, 1.165) is 0 Å². The van der Waals surface area contributed by atoms with Crippen molar-refractivity contribution >= 4 is 23.0 Å². The summed E-state index contributed by atoms with van der Waals surface area (Å²) in [5, 5.41) is 14.7. The maximum atomic E-state index is 11.9. The van der Waals surface area contributed by atoms with Crippen LogP contribution in [0.1, 0.15) is 28.6 Å². The van der Waals surface area contributed by atoms with Crippen molar-refractivity contribution in [2.24, 2.45) is 0 Å². The Morgan fingerprint density at radius 2 is 1.90 bits per heavy atom. The molecule has 0 aliphatic heterocycles. The molecule has 0 saturated carbocycles. The van der Waals surface area contributed by atoms with Crippen LogP contribution in [-0.2, 0) is 10.4 Å². The molecule has 0 saturated heterocycles. The van der Waals surface area contributed by atoms with Crippen molar-refractivity contribution < 1.29 is 14.7 Å². The summed E-state index contributed by atoms with van der Waals surface area (Å²) in [4.78, 5) is 24.3. The summed E-state index contributed by atoms with van der Waals surface area (Å²) < 4.78 is 0. The molecule has 1 aromatic carbocycles. The molecular weight excluding hydrogens is 286 g/mol. The van der Waals surface area contributed by atoms with Gasteiger partial charge in [-0.1, -0.05) is 36.4 Å². The van der Waals surface area contributed by atoms with E-state index in [1.807, 2.05) is 23.6 Å². The van der Waals surface area contributed by atoms with Gasteiger partial charge in [-0.3, -0.25) is 9.59 Å². The minimum Gasteiger partial charge on any atom is -0.385 e. The Kier molecular flexibility index (Phi) is 4.88. The van der Waals surface area contributed by atoms with Gasteiger partial charge >= 0.3 is 0 Å². The van der Waals surface area contributed by atoms with Crippen LogP contribution in [0, 0.1) is 0 Å². The Labute approximate surface area is 127 Å². The molecule has 0 aliphatic carbocycles. The highest BCUT2D eigenvalue weighted by molar-refractivity contribution is 7.12. The fraction of sp³-hybridized carbons (Fsp3) is 0.250. The van der Waals surface area contributed by atoms with Crippen LogP contribution in [0.15, 0.2) is 47.8 Å². The summed E-state index contributed by atoms with van der Waals surface area (Å²) in [6.07, 6.45) is -0.0886. The molecule has 1 aromatic heterocycles. The number of nitrogens with one attached hydrogen (secondary N) is 1. The summed E-state index contributed by atoms with van der Waals surface area (Å²) in [5.41, 5.74) is -0.582. The first-order valence-electron chi connectivity index (χ1n) is 6.60. The number of thiophene rings is 1. The van der Waals surface area contributed by atoms with E-state index < -0.39 is 5.60 Å². The minimum absolute atomic E-state index is 0.0514. The van der Waals surface area contributed by atoms with Crippen molar-refractivity contribution in [3.8, 4) is 0 Å². The summed E-state index contributed by atoms with van der Waals surface area (Å²) in [5.74, 6) is -0.480. The fourth-order valence-electron chi connectivity index (χ4n) is 1.98. The molecule has 0 spiro atoms. The zero-order valence-electron chi connectivity index (χ0n) is 11.7. The van der Waals surface area contributed by atoms with E-state index in [2.05, 4.69) is 5.32 Å². The van der Waals surface area contributed by atoms with Gasteiger partial charge in [-0.15, -0.1) is 11.3 Å². The Morgan fingerprint density at radius 1 is 1.19 bits per heavy atom. The number of benzene rings is 1. The van der Waals surface area contributed by atoms with Gasteiger partial charge in [0.2, 0.25) is 5.91 Å². The van der Waals surface area contributed by atoms with E-state index >= 15 is 0 Å². The first kappa shape index (κ1) is 15.4. The van der Waals surface area contributed by atoms with Crippen LogP contribution < -0.4 is 5.32 Å². The van der Waals surface area contributed by atoms with Crippen molar-refractivity contribution in [2.45, 2.75) is 18.9 Å². The maximum Gasteiger partial charge on any atom is 0.223 e. The molecule has 0 fully saturated rings. The zero-order chi connectivity index (χ0) is 15.3. The van der Waals surface area contributed by atoms with Gasteiger partial charge in [-0.25, -0.2) is 0 Å². The van der Waals surface area contributed by atoms with E-state index in [9.17, 15) is 14.7 Å². The Bertz CT molecular complexity index is 606. The lowest BCUT2D eigenvalue weighted by Crippen LogP contribution is -2.35. The third-order valence-corrected chi connectivity index (χ3v) is 4.05. The standard InChI is InChI=1S/C16H17NO3S/c1-16(20,12-6-3-2-4-7-12)10-15(19)17-11-13(18)14-8-5-9-21-14/h2-9,20H,10-11H2,1H3,(H,17,19). The highest BCUT2D eigenvalue weighted by Crippen LogP contribution is 2.23. The highest BCUT2D eigenvalue weighted by atomic mass is 32.1. The lowest BCUT2D eigenvalue weighted by molar-refractivity contribution is -0.125. The van der Waals surface area contributed by atoms with E-state index in [-0.39, 0.29) is 24.7 Å². The van der Waals surface area contributed by atoms with Crippen molar-refractivity contribution in [3.05, 3.63) is 58.3 Å². The molecule has 2 N–H and O–H groups in total. The number of amides is 1. The van der Waals surface area contributed by atoms with Gasteiger partial charge in [0, 0.05) is 0 Å². The van der Waals surface area contributed by atoms with Gasteiger partial charge in [0.15, 0.2) is 5.78 Å². The number of aliphatic hydroxyl groups is 1. The molecule has 5 heteroatoms. The topological polar surface area (TPSA) is 66.4 Å². The Balaban J connectivity index is 1.88. The first-order chi connectivity index (χ1) is 9.99. The molecule has 1 unspecified atom stereocenters. The van der Waals surface area contributed by atoms with Gasteiger partial charge in [0.25, 0.3) is 0 Å². The van der Waals surface area contributed by atoms with E-state index in [1.54, 1.807) is 31.2 Å². The number of hydrogen-bond acceptors (Lipinski definition) is 4. The molecule has 21 heavy (non-hydrogen) atoms. The molecule has 1 heterocycles. The lowest BCUT2D eigenvalue weighted by atomic mass is 9.92. The average Bonchev–Trinajstić information content (AvgIpc) is 2.99. The van der Waals surface area contributed by atoms with Gasteiger partial charge in [-0.05, 0) is 23.9 Å². The molecule has 110 valence electrons. The normalized spacial score (nSPS) is 13.4. The number of rotatable bonds is 6. The second-order valence-corrected chi connectivity index (χ2v) is 5.94. The molecule has 0 radical (unpaired) electrons. The number of Topliss-reactive ketones (excluding diaryl/α,β-unsaturated/α-hetero) is 1. The van der Waals surface area contributed by atoms with E-state index in [0.29, 0.717) is 10.4 Å². The molecule has 0 bridgehead atoms. The van der Waals surface area contributed by atoms with Crippen LogP contribution in [-0.4, -0.2) is 23.3 Å². The quantitative estimate of drug-likeness (QED) is 0.805. The van der Waals surface area contributed by atoms with Crippen molar-refractivity contribution in [1.29, 1.82) is 0 Å². The van der Waals surface area contributed by atoms with Crippen molar-refractivity contribution in [2.75, 3.05) is 6.54 Å². The van der Waals surface area contributed by atoms with Crippen molar-refractivity contribution in [3.63, 3.8) is 0 Å². The van der Waals surface area contributed by atoms with Gasteiger partial charge in [0.1, 0.15) is 0 Å². The second kappa shape index (κ2) is 6.65. The summed E-state index contributed by atoms with van der Waals surface area (Å²) in [6, 6.07) is 12.5. The molecule has 0 aliphatic rings. The number of carbonyl (C=O) groups excluding carboxylic acids is 2.